The molecule has 0 aromatic heterocycles. The van der Waals surface area contributed by atoms with Gasteiger partial charge >= 0.3 is 0 Å². The summed E-state index contributed by atoms with van der Waals surface area (Å²) in [5.41, 5.74) is 1.52. The maximum Gasteiger partial charge on any atom is 0.0428 e. The summed E-state index contributed by atoms with van der Waals surface area (Å²) in [7, 11) is 0. The molecule has 1 aliphatic heterocycles. The second kappa shape index (κ2) is 4.66. The van der Waals surface area contributed by atoms with Crippen LogP contribution in [-0.2, 0) is 0 Å². The van der Waals surface area contributed by atoms with Crippen LogP contribution >= 0.6 is 11.8 Å². The Balaban J connectivity index is 1.72. The maximum absolute atomic E-state index is 3.89. The Hall–Kier alpha value is -0.470. The summed E-state index contributed by atoms with van der Waals surface area (Å²) in [6.07, 6.45) is 2.74. The average molecular weight is 247 g/mol. The molecule has 0 radical (unpaired) electrons. The van der Waals surface area contributed by atoms with E-state index in [1.54, 1.807) is 0 Å². The highest BCUT2D eigenvalue weighted by Gasteiger charge is 2.33. The summed E-state index contributed by atoms with van der Waals surface area (Å²) in [5.74, 6) is 2.92. The van der Waals surface area contributed by atoms with Crippen molar-refractivity contribution in [1.29, 1.82) is 0 Å². The van der Waals surface area contributed by atoms with Crippen molar-refractivity contribution in [3.05, 3.63) is 29.8 Å². The lowest BCUT2D eigenvalue weighted by molar-refractivity contribution is 0.349. The predicted octanol–water partition coefficient (Wildman–Crippen LogP) is 3.86. The molecule has 1 nitrogen and oxygen atoms in total. The first-order valence-electron chi connectivity index (χ1n) is 6.73. The van der Waals surface area contributed by atoms with Crippen molar-refractivity contribution in [1.82, 2.24) is 5.32 Å². The Bertz CT molecular complexity index is 404. The van der Waals surface area contributed by atoms with Crippen LogP contribution in [0.2, 0.25) is 0 Å². The minimum atomic E-state index is 0.578. The molecule has 0 spiro atoms. The number of benzene rings is 1. The van der Waals surface area contributed by atoms with Crippen LogP contribution in [0.4, 0.5) is 0 Å². The number of hydrogen-bond donors (Lipinski definition) is 1. The van der Waals surface area contributed by atoms with Gasteiger partial charge in [-0.3, -0.25) is 0 Å². The summed E-state index contributed by atoms with van der Waals surface area (Å²) < 4.78 is 0. The van der Waals surface area contributed by atoms with Crippen LogP contribution < -0.4 is 5.32 Å². The summed E-state index contributed by atoms with van der Waals surface area (Å²) in [6, 6.07) is 10.2. The van der Waals surface area contributed by atoms with E-state index in [2.05, 4.69) is 43.4 Å². The maximum atomic E-state index is 3.89. The minimum Gasteiger partial charge on any atom is -0.306 e. The SMILES string of the molecule is CC1CCC(NC2CSc3ccccc32)C1C. The fourth-order valence-electron chi connectivity index (χ4n) is 3.16. The topological polar surface area (TPSA) is 12.0 Å². The first-order chi connectivity index (χ1) is 8.25. The number of thioether (sulfide) groups is 1. The van der Waals surface area contributed by atoms with Gasteiger partial charge in [0.05, 0.1) is 0 Å². The van der Waals surface area contributed by atoms with Crippen molar-refractivity contribution >= 4 is 11.8 Å². The first-order valence-corrected chi connectivity index (χ1v) is 7.72. The molecule has 3 rings (SSSR count). The van der Waals surface area contributed by atoms with Crippen LogP contribution in [0.25, 0.3) is 0 Å². The zero-order chi connectivity index (χ0) is 11.8. The van der Waals surface area contributed by atoms with E-state index in [4.69, 9.17) is 0 Å². The second-order valence-corrected chi connectivity index (χ2v) is 6.65. The van der Waals surface area contributed by atoms with E-state index < -0.39 is 0 Å². The highest BCUT2D eigenvalue weighted by Crippen LogP contribution is 2.40. The molecule has 1 aromatic rings. The molecule has 0 amide bonds. The highest BCUT2D eigenvalue weighted by molar-refractivity contribution is 7.99. The smallest absolute Gasteiger partial charge is 0.0428 e. The number of fused-ring (bicyclic) bond motifs is 1. The molecule has 0 bridgehead atoms. The fraction of sp³-hybridized carbons (Fsp3) is 0.600. The van der Waals surface area contributed by atoms with Gasteiger partial charge in [0.2, 0.25) is 0 Å². The molecular weight excluding hydrogens is 226 g/mol. The van der Waals surface area contributed by atoms with Gasteiger partial charge in [0.25, 0.3) is 0 Å². The van der Waals surface area contributed by atoms with Crippen molar-refractivity contribution in [2.75, 3.05) is 5.75 Å². The van der Waals surface area contributed by atoms with Crippen LogP contribution in [0.3, 0.4) is 0 Å². The Kier molecular flexibility index (Phi) is 3.18. The van der Waals surface area contributed by atoms with Crippen LogP contribution in [0.15, 0.2) is 29.2 Å². The summed E-state index contributed by atoms with van der Waals surface area (Å²) >= 11 is 2.00. The predicted molar refractivity (Wildman–Crippen MR) is 74.4 cm³/mol. The average Bonchev–Trinajstić information content (AvgIpc) is 2.89. The zero-order valence-corrected chi connectivity index (χ0v) is 11.5. The Labute approximate surface area is 108 Å². The van der Waals surface area contributed by atoms with Crippen molar-refractivity contribution in [3.8, 4) is 0 Å². The largest absolute Gasteiger partial charge is 0.306 e. The third-order valence-electron chi connectivity index (χ3n) is 4.58. The van der Waals surface area contributed by atoms with Crippen molar-refractivity contribution in [3.63, 3.8) is 0 Å². The monoisotopic (exact) mass is 247 g/mol. The van der Waals surface area contributed by atoms with Crippen LogP contribution in [-0.4, -0.2) is 11.8 Å². The minimum absolute atomic E-state index is 0.578. The number of hydrogen-bond acceptors (Lipinski definition) is 2. The van der Waals surface area contributed by atoms with E-state index in [1.165, 1.54) is 29.1 Å². The van der Waals surface area contributed by atoms with Crippen molar-refractivity contribution in [2.24, 2.45) is 11.8 Å². The molecular formula is C15H21NS. The Morgan fingerprint density at radius 3 is 2.76 bits per heavy atom. The molecule has 4 unspecified atom stereocenters. The molecule has 92 valence electrons. The van der Waals surface area contributed by atoms with Gasteiger partial charge in [-0.2, -0.15) is 0 Å². The Morgan fingerprint density at radius 2 is 2.00 bits per heavy atom. The number of rotatable bonds is 2. The van der Waals surface area contributed by atoms with E-state index in [1.807, 2.05) is 11.8 Å². The standard InChI is InChI=1S/C15H21NS/c1-10-7-8-13(11(10)2)16-14-9-17-15-6-4-3-5-12(14)15/h3-6,10-11,13-14,16H,7-9H2,1-2H3. The first kappa shape index (κ1) is 11.6. The van der Waals surface area contributed by atoms with Gasteiger partial charge in [-0.1, -0.05) is 32.0 Å². The molecule has 1 saturated carbocycles. The lowest BCUT2D eigenvalue weighted by Gasteiger charge is -2.24. The van der Waals surface area contributed by atoms with Gasteiger partial charge in [0.1, 0.15) is 0 Å². The molecule has 1 aliphatic carbocycles. The number of nitrogens with one attached hydrogen (secondary N) is 1. The molecule has 1 aromatic carbocycles. The quantitative estimate of drug-likeness (QED) is 0.851. The Morgan fingerprint density at radius 1 is 1.18 bits per heavy atom. The van der Waals surface area contributed by atoms with Gasteiger partial charge in [-0.05, 0) is 36.3 Å². The summed E-state index contributed by atoms with van der Waals surface area (Å²) in [5, 5.41) is 3.89. The van der Waals surface area contributed by atoms with Crippen LogP contribution in [0.5, 0.6) is 0 Å². The third kappa shape index (κ3) is 2.13. The molecule has 1 N–H and O–H groups in total. The van der Waals surface area contributed by atoms with E-state index in [9.17, 15) is 0 Å². The molecule has 0 saturated heterocycles. The highest BCUT2D eigenvalue weighted by atomic mass is 32.2. The normalized spacial score (nSPS) is 36.1. The fourth-order valence-corrected chi connectivity index (χ4v) is 4.33. The van der Waals surface area contributed by atoms with Gasteiger partial charge in [0.15, 0.2) is 0 Å². The third-order valence-corrected chi connectivity index (χ3v) is 5.76. The molecule has 4 atom stereocenters. The lowest BCUT2D eigenvalue weighted by Crippen LogP contribution is -2.35. The molecule has 2 aliphatic rings. The van der Waals surface area contributed by atoms with Gasteiger partial charge in [-0.25, -0.2) is 0 Å². The van der Waals surface area contributed by atoms with Crippen molar-refractivity contribution < 1.29 is 0 Å². The molecule has 1 fully saturated rings. The molecule has 1 heterocycles. The summed E-state index contributed by atoms with van der Waals surface area (Å²) in [6.45, 7) is 4.80. The van der Waals surface area contributed by atoms with E-state index in [-0.39, 0.29) is 0 Å². The van der Waals surface area contributed by atoms with Gasteiger partial charge in [0, 0.05) is 22.7 Å². The molecule has 17 heavy (non-hydrogen) atoms. The van der Waals surface area contributed by atoms with E-state index in [0.29, 0.717) is 6.04 Å². The van der Waals surface area contributed by atoms with Gasteiger partial charge in [-0.15, -0.1) is 11.8 Å². The van der Waals surface area contributed by atoms with Crippen molar-refractivity contribution in [2.45, 2.75) is 43.7 Å². The summed E-state index contributed by atoms with van der Waals surface area (Å²) in [4.78, 5) is 1.48. The van der Waals surface area contributed by atoms with Crippen LogP contribution in [0, 0.1) is 11.8 Å². The van der Waals surface area contributed by atoms with Crippen LogP contribution in [0.1, 0.15) is 38.3 Å². The van der Waals surface area contributed by atoms with E-state index in [0.717, 1.165) is 17.9 Å². The molecule has 2 heteroatoms. The van der Waals surface area contributed by atoms with Gasteiger partial charge < -0.3 is 5.32 Å². The zero-order valence-electron chi connectivity index (χ0n) is 10.6. The van der Waals surface area contributed by atoms with E-state index >= 15 is 0 Å². The lowest BCUT2D eigenvalue weighted by atomic mass is 9.96. The second-order valence-electron chi connectivity index (χ2n) is 5.59.